The Hall–Kier alpha value is -9.48. The van der Waals surface area contributed by atoms with Crippen LogP contribution in [0.3, 0.4) is 0 Å². The summed E-state index contributed by atoms with van der Waals surface area (Å²) in [5, 5.41) is 26.2. The van der Waals surface area contributed by atoms with E-state index in [2.05, 4.69) is 88.4 Å². The van der Waals surface area contributed by atoms with Crippen molar-refractivity contribution in [2.45, 2.75) is 97.9 Å². The monoisotopic (exact) mass is 1180 g/mol. The molecule has 2 aromatic heterocycles. The number of para-hydroxylation sites is 1. The fraction of sp³-hybridized carbons (Fsp3) is 0.278. The zero-order valence-corrected chi connectivity index (χ0v) is 50.7. The number of carbonyl (C=O) groups excluding carboxylic acids is 4. The number of piperidine rings is 2. The second-order valence-corrected chi connectivity index (χ2v) is 23.0. The molecule has 9 aromatic rings. The Bertz CT molecular complexity index is 3950. The number of nitrogens with zero attached hydrogens (tertiary/aromatic N) is 4. The van der Waals surface area contributed by atoms with E-state index in [1.165, 1.54) is 42.8 Å². The Balaban J connectivity index is 0.846. The maximum absolute atomic E-state index is 14.1. The number of likely N-dealkylation sites (tertiary alicyclic amines) is 2. The lowest BCUT2D eigenvalue weighted by atomic mass is 9.97. The summed E-state index contributed by atoms with van der Waals surface area (Å²) >= 11 is 0. The summed E-state index contributed by atoms with van der Waals surface area (Å²) in [5.74, 6) is 0.0662. The second-order valence-electron chi connectivity index (χ2n) is 23.0. The number of fused-ring (bicyclic) bond motifs is 1. The van der Waals surface area contributed by atoms with Crippen molar-refractivity contribution in [1.29, 1.82) is 0 Å². The molecule has 11 rings (SSSR count). The molecule has 2 fully saturated rings. The van der Waals surface area contributed by atoms with Crippen LogP contribution in [-0.2, 0) is 13.1 Å². The minimum absolute atomic E-state index is 0.114. The topological polar surface area (TPSA) is 183 Å². The van der Waals surface area contributed by atoms with Gasteiger partial charge < -0.3 is 50.3 Å². The highest BCUT2D eigenvalue weighted by atomic mass is 16.5. The number of aryl methyl sites for hydroxylation is 2. The summed E-state index contributed by atoms with van der Waals surface area (Å²) in [6, 6.07) is 46.3. The Morgan fingerprint density at radius 3 is 2.02 bits per heavy atom. The summed E-state index contributed by atoms with van der Waals surface area (Å²) in [6.07, 6.45) is 12.9. The number of amides is 5. The van der Waals surface area contributed by atoms with E-state index in [-0.39, 0.29) is 46.7 Å². The number of rotatable bonds is 20. The Morgan fingerprint density at radius 2 is 1.31 bits per heavy atom. The van der Waals surface area contributed by atoms with E-state index in [9.17, 15) is 24.3 Å². The van der Waals surface area contributed by atoms with Crippen LogP contribution < -0.4 is 36.1 Å². The van der Waals surface area contributed by atoms with E-state index in [1.54, 1.807) is 42.5 Å². The van der Waals surface area contributed by atoms with Gasteiger partial charge in [0.1, 0.15) is 11.5 Å². The fourth-order valence-corrected chi connectivity index (χ4v) is 11.9. The van der Waals surface area contributed by atoms with Crippen LogP contribution in [0.15, 0.2) is 170 Å². The van der Waals surface area contributed by atoms with Gasteiger partial charge in [0.25, 0.3) is 17.7 Å². The second kappa shape index (κ2) is 27.5. The van der Waals surface area contributed by atoms with E-state index in [0.29, 0.717) is 63.5 Å². The van der Waals surface area contributed by atoms with Crippen LogP contribution in [0.1, 0.15) is 112 Å². The van der Waals surface area contributed by atoms with E-state index < -0.39 is 11.9 Å². The van der Waals surface area contributed by atoms with Crippen molar-refractivity contribution in [1.82, 2.24) is 29.6 Å². The normalized spacial score (nSPS) is 13.9. The van der Waals surface area contributed by atoms with Gasteiger partial charge in [-0.2, -0.15) is 0 Å². The van der Waals surface area contributed by atoms with Crippen LogP contribution in [0.5, 0.6) is 23.0 Å². The molecule has 452 valence electrons. The van der Waals surface area contributed by atoms with E-state index in [4.69, 9.17) is 9.47 Å². The number of anilines is 3. The van der Waals surface area contributed by atoms with Crippen LogP contribution >= 0.6 is 0 Å². The molecule has 0 radical (unpaired) electrons. The first-order valence-corrected chi connectivity index (χ1v) is 30.7. The first-order chi connectivity index (χ1) is 42.8. The fourth-order valence-electron chi connectivity index (χ4n) is 11.9. The number of aromatic nitrogens is 2. The molecule has 0 aliphatic carbocycles. The van der Waals surface area contributed by atoms with Crippen molar-refractivity contribution in [2.75, 3.05) is 49.2 Å². The minimum atomic E-state index is -0.486. The van der Waals surface area contributed by atoms with E-state index in [0.717, 1.165) is 74.6 Å². The highest BCUT2D eigenvalue weighted by Gasteiger charge is 2.29. The summed E-state index contributed by atoms with van der Waals surface area (Å²) in [5.41, 5.74) is 10.5. The number of ether oxygens (including phenoxy) is 2. The van der Waals surface area contributed by atoms with Crippen LogP contribution in [-0.4, -0.2) is 93.2 Å². The zero-order valence-electron chi connectivity index (χ0n) is 50.7. The number of aliphatic hydroxyl groups excluding tert-OH is 1. The molecule has 0 saturated carbocycles. The average Bonchev–Trinajstić information content (AvgIpc) is 1.85. The van der Waals surface area contributed by atoms with Crippen molar-refractivity contribution in [3.05, 3.63) is 209 Å². The molecule has 7 aromatic carbocycles. The number of benzene rings is 7. The smallest absolute Gasteiger partial charge is 0.319 e. The number of urea groups is 1. The molecule has 5 amide bonds. The lowest BCUT2D eigenvalue weighted by Gasteiger charge is -2.29. The number of nitrogens with one attached hydrogen (secondary N) is 5. The molecule has 2 saturated heterocycles. The maximum Gasteiger partial charge on any atom is 0.319 e. The zero-order chi connectivity index (χ0) is 61.3. The lowest BCUT2D eigenvalue weighted by molar-refractivity contribution is 0.0794. The molecule has 16 nitrogen and oxygen atoms in total. The van der Waals surface area contributed by atoms with Gasteiger partial charge in [-0.1, -0.05) is 68.8 Å². The van der Waals surface area contributed by atoms with Gasteiger partial charge in [0.15, 0.2) is 11.5 Å². The highest BCUT2D eigenvalue weighted by Crippen LogP contribution is 2.50. The molecule has 0 unspecified atom stereocenters. The summed E-state index contributed by atoms with van der Waals surface area (Å²) in [6.45, 7) is 13.6. The largest absolute Gasteiger partial charge is 0.456 e. The molecule has 4 heterocycles. The molecule has 2 aliphatic rings. The quantitative estimate of drug-likeness (QED) is 0.0432. The molecule has 2 aliphatic heterocycles. The Morgan fingerprint density at radius 1 is 0.625 bits per heavy atom. The molecule has 16 heteroatoms. The average molecular weight is 1180 g/mol. The standard InChI is InChI=1S/C72H77N9O7/c1-6-54(7-2)76-72(86)77-62-42-61(71(85)73-5)67(87-59-28-23-55(24-29-59)74-70(84)52-22-30-63(47(3)40-52)80-39-32-49(44-80)43-78-35-14-9-15-36-78)66(50-16-10-8-11-17-50)68(62)88-65-31-25-56(41-48(65)4)75-69(83)51-20-26-57(27-21-51)81-46-53(60-18-12-13-19-64(60)81)45-79-37-33-58(82)34-38-79/h8,10-13,16-32,39-42,44,46,54,58,82H,6-7,9,14-15,33-38,43,45H2,1-5H3,(H,73,85)(H,74,84)(H,75,83)(H2,76,77,86). The third-order valence-corrected chi connectivity index (χ3v) is 16.8. The molecule has 88 heavy (non-hydrogen) atoms. The molecular formula is C72H77N9O7. The third kappa shape index (κ3) is 14.0. The maximum atomic E-state index is 14.1. The SMILES string of the molecule is CCC(CC)NC(=O)Nc1cc(C(=O)NC)c(Oc2ccc(NC(=O)c3ccc(-n4ccc(CN5CCCCC5)c4)c(C)c3)cc2)c(-c2ccccc2)c1Oc1ccc(NC(=O)c2ccc(-n3cc(CN4CCC(O)CC4)c4ccccc43)cc2)cc1C. The predicted molar refractivity (Wildman–Crippen MR) is 349 cm³/mol. The van der Waals surface area contributed by atoms with Crippen molar-refractivity contribution in [2.24, 2.45) is 0 Å². The van der Waals surface area contributed by atoms with Crippen molar-refractivity contribution in [3.63, 3.8) is 0 Å². The van der Waals surface area contributed by atoms with Crippen molar-refractivity contribution in [3.8, 4) is 45.5 Å². The number of hydrogen-bond acceptors (Lipinski definition) is 9. The van der Waals surface area contributed by atoms with Crippen LogP contribution in [0.25, 0.3) is 33.4 Å². The van der Waals surface area contributed by atoms with Gasteiger partial charge in [-0.25, -0.2) is 4.79 Å². The number of carbonyl (C=O) groups is 4. The highest BCUT2D eigenvalue weighted by molar-refractivity contribution is 6.07. The van der Waals surface area contributed by atoms with E-state index >= 15 is 0 Å². The van der Waals surface area contributed by atoms with E-state index in [1.807, 2.05) is 113 Å². The summed E-state index contributed by atoms with van der Waals surface area (Å²) in [7, 11) is 1.52. The number of aliphatic hydroxyl groups is 1. The van der Waals surface area contributed by atoms with Gasteiger partial charge in [-0.05, 0) is 196 Å². The van der Waals surface area contributed by atoms with Crippen molar-refractivity contribution < 1.29 is 33.8 Å². The molecule has 0 bridgehead atoms. The van der Waals surface area contributed by atoms with Crippen LogP contribution in [0.2, 0.25) is 0 Å². The Labute approximate surface area is 514 Å². The van der Waals surface area contributed by atoms with Crippen molar-refractivity contribution >= 4 is 51.7 Å². The minimum Gasteiger partial charge on any atom is -0.456 e. The molecule has 0 atom stereocenters. The van der Waals surface area contributed by atoms with Gasteiger partial charge in [0.2, 0.25) is 0 Å². The van der Waals surface area contributed by atoms with Gasteiger partial charge >= 0.3 is 6.03 Å². The first kappa shape index (κ1) is 60.2. The predicted octanol–water partition coefficient (Wildman–Crippen LogP) is 14.4. The van der Waals surface area contributed by atoms with Crippen LogP contribution in [0.4, 0.5) is 21.9 Å². The third-order valence-electron chi connectivity index (χ3n) is 16.8. The van der Waals surface area contributed by atoms with Gasteiger partial charge in [-0.3, -0.25) is 24.2 Å². The molecule has 6 N–H and O–H groups in total. The Kier molecular flexibility index (Phi) is 18.8. The lowest BCUT2D eigenvalue weighted by Crippen LogP contribution is -2.37. The first-order valence-electron chi connectivity index (χ1n) is 30.7. The molecule has 0 spiro atoms. The van der Waals surface area contributed by atoms with Gasteiger partial charge in [-0.15, -0.1) is 0 Å². The van der Waals surface area contributed by atoms with Gasteiger partial charge in [0, 0.05) is 97.1 Å². The van der Waals surface area contributed by atoms with Crippen LogP contribution in [0, 0.1) is 13.8 Å². The summed E-state index contributed by atoms with van der Waals surface area (Å²) < 4.78 is 18.0. The van der Waals surface area contributed by atoms with Gasteiger partial charge in [0.05, 0.1) is 28.4 Å². The summed E-state index contributed by atoms with van der Waals surface area (Å²) in [4.78, 5) is 60.6. The molecular weight excluding hydrogens is 1100 g/mol. The number of hydrogen-bond donors (Lipinski definition) is 6.